The maximum Gasteiger partial charge on any atom is 0.255 e. The second-order valence-electron chi connectivity index (χ2n) is 6.89. The van der Waals surface area contributed by atoms with Gasteiger partial charge in [-0.25, -0.2) is 0 Å². The Hall–Kier alpha value is -3.41. The Kier molecular flexibility index (Phi) is 3.57. The van der Waals surface area contributed by atoms with Crippen molar-refractivity contribution in [3.63, 3.8) is 0 Å². The second kappa shape index (κ2) is 6.09. The molecule has 1 atom stereocenters. The normalized spacial score (nSPS) is 16.5. The molecule has 4 heterocycles. The number of benzene rings is 1. The van der Waals surface area contributed by atoms with Crippen LogP contribution >= 0.6 is 0 Å². The molecule has 1 aliphatic rings. The highest BCUT2D eigenvalue weighted by Crippen LogP contribution is 2.34. The Bertz CT molecular complexity index is 1130. The molecule has 0 bridgehead atoms. The number of hydrogen-bond acceptors (Lipinski definition) is 3. The van der Waals surface area contributed by atoms with Crippen LogP contribution in [0.25, 0.3) is 17.2 Å². The van der Waals surface area contributed by atoms with Gasteiger partial charge >= 0.3 is 0 Å². The van der Waals surface area contributed by atoms with Crippen LogP contribution in [0.4, 0.5) is 0 Å². The second-order valence-corrected chi connectivity index (χ2v) is 6.89. The zero-order valence-corrected chi connectivity index (χ0v) is 15.0. The average Bonchev–Trinajstić information content (AvgIpc) is 3.26. The maximum absolute atomic E-state index is 13.1. The van der Waals surface area contributed by atoms with E-state index in [0.29, 0.717) is 5.56 Å². The highest BCUT2D eigenvalue weighted by Gasteiger charge is 2.34. The fraction of sp³-hybridized carbons (Fsp3) is 0.190. The molecule has 1 aliphatic heterocycles. The van der Waals surface area contributed by atoms with Crippen LogP contribution in [0.1, 0.15) is 28.4 Å². The summed E-state index contributed by atoms with van der Waals surface area (Å²) in [6, 6.07) is 18.0. The van der Waals surface area contributed by atoms with Gasteiger partial charge in [-0.15, -0.1) is 10.2 Å². The van der Waals surface area contributed by atoms with Gasteiger partial charge < -0.3 is 9.47 Å². The summed E-state index contributed by atoms with van der Waals surface area (Å²) >= 11 is 0. The van der Waals surface area contributed by atoms with E-state index < -0.39 is 0 Å². The first kappa shape index (κ1) is 15.8. The summed E-state index contributed by atoms with van der Waals surface area (Å²) in [5.74, 6) is 0.777. The zero-order valence-electron chi connectivity index (χ0n) is 15.0. The number of carbonyl (C=O) groups is 1. The van der Waals surface area contributed by atoms with Crippen LogP contribution in [0.2, 0.25) is 0 Å². The summed E-state index contributed by atoms with van der Waals surface area (Å²) < 4.78 is 3.88. The van der Waals surface area contributed by atoms with Gasteiger partial charge in [0, 0.05) is 26.0 Å². The molecule has 1 saturated heterocycles. The fourth-order valence-electron chi connectivity index (χ4n) is 3.70. The molecule has 4 aromatic rings. The van der Waals surface area contributed by atoms with Crippen LogP contribution in [0.5, 0.6) is 0 Å². The number of fused-ring (bicyclic) bond motifs is 1. The molecule has 27 heavy (non-hydrogen) atoms. The Morgan fingerprint density at radius 2 is 1.89 bits per heavy atom. The Balaban J connectivity index is 1.50. The number of pyridine rings is 1. The number of likely N-dealkylation sites (tertiary alicyclic amines) is 1. The highest BCUT2D eigenvalue weighted by atomic mass is 16.2. The zero-order chi connectivity index (χ0) is 18.4. The van der Waals surface area contributed by atoms with E-state index in [4.69, 9.17) is 0 Å². The predicted octanol–water partition coefficient (Wildman–Crippen LogP) is 3.32. The number of aromatic nitrogens is 4. The van der Waals surface area contributed by atoms with Gasteiger partial charge in [0.25, 0.3) is 5.91 Å². The lowest BCUT2D eigenvalue weighted by molar-refractivity contribution is 0.0460. The molecule has 3 aromatic heterocycles. The summed E-state index contributed by atoms with van der Waals surface area (Å²) in [5, 5.41) is 8.54. The number of aryl methyl sites for hydroxylation is 1. The molecule has 6 nitrogen and oxygen atoms in total. The van der Waals surface area contributed by atoms with E-state index in [-0.39, 0.29) is 11.9 Å². The summed E-state index contributed by atoms with van der Waals surface area (Å²) in [6.07, 6.45) is 4.82. The van der Waals surface area contributed by atoms with Crippen LogP contribution in [-0.2, 0) is 7.05 Å². The third-order valence-electron chi connectivity index (χ3n) is 5.29. The quantitative estimate of drug-likeness (QED) is 0.565. The van der Waals surface area contributed by atoms with Crippen molar-refractivity contribution in [2.24, 2.45) is 7.05 Å². The minimum atomic E-state index is 0.0449. The lowest BCUT2D eigenvalue weighted by Crippen LogP contribution is -2.45. The molecular formula is C21H19N5O. The van der Waals surface area contributed by atoms with Crippen molar-refractivity contribution in [3.8, 4) is 11.5 Å². The summed E-state index contributed by atoms with van der Waals surface area (Å²) in [5.41, 5.74) is 3.52. The van der Waals surface area contributed by atoms with Crippen molar-refractivity contribution in [1.82, 2.24) is 24.1 Å². The average molecular weight is 357 g/mol. The van der Waals surface area contributed by atoms with Gasteiger partial charge in [0.2, 0.25) is 0 Å². The van der Waals surface area contributed by atoms with Crippen molar-refractivity contribution < 1.29 is 4.79 Å². The smallest absolute Gasteiger partial charge is 0.255 e. The van der Waals surface area contributed by atoms with Crippen molar-refractivity contribution in [2.75, 3.05) is 6.54 Å². The lowest BCUT2D eigenvalue weighted by atomic mass is 9.94. The monoisotopic (exact) mass is 357 g/mol. The van der Waals surface area contributed by atoms with Gasteiger partial charge in [-0.2, -0.15) is 0 Å². The molecule has 5 rings (SSSR count). The van der Waals surface area contributed by atoms with Crippen LogP contribution in [0.15, 0.2) is 67.0 Å². The largest absolute Gasteiger partial charge is 0.348 e. The molecule has 0 radical (unpaired) electrons. The first-order valence-electron chi connectivity index (χ1n) is 9.05. The Labute approximate surface area is 156 Å². The molecule has 6 heteroatoms. The fourth-order valence-corrected chi connectivity index (χ4v) is 3.70. The van der Waals surface area contributed by atoms with Gasteiger partial charge in [-0.05, 0) is 36.2 Å². The summed E-state index contributed by atoms with van der Waals surface area (Å²) in [4.78, 5) is 15.0. The minimum Gasteiger partial charge on any atom is -0.348 e. The Morgan fingerprint density at radius 3 is 2.59 bits per heavy atom. The van der Waals surface area contributed by atoms with Crippen molar-refractivity contribution in [2.45, 2.75) is 12.5 Å². The molecule has 1 aromatic carbocycles. The maximum atomic E-state index is 13.1. The highest BCUT2D eigenvalue weighted by molar-refractivity contribution is 5.95. The molecule has 0 saturated carbocycles. The molecule has 1 fully saturated rings. The van der Waals surface area contributed by atoms with Crippen molar-refractivity contribution in [1.29, 1.82) is 0 Å². The standard InChI is InChI=1S/C21H19N5O/c1-24-12-5-8-18(24)20-23-22-19-10-9-16(14-26(19)20)21(27)25-13-11-17(25)15-6-3-2-4-7-15/h2-10,12,14,17H,11,13H2,1H3. The minimum absolute atomic E-state index is 0.0449. The first-order valence-corrected chi connectivity index (χ1v) is 9.05. The third kappa shape index (κ3) is 2.52. The van der Waals surface area contributed by atoms with Gasteiger partial charge in [0.15, 0.2) is 11.5 Å². The SMILES string of the molecule is Cn1cccc1-c1nnc2ccc(C(=O)N3CCC3c3ccccc3)cn12. The molecule has 0 N–H and O–H groups in total. The molecular weight excluding hydrogens is 338 g/mol. The topological polar surface area (TPSA) is 55.4 Å². The number of carbonyl (C=O) groups excluding carboxylic acids is 1. The molecule has 1 unspecified atom stereocenters. The van der Waals surface area contributed by atoms with Gasteiger partial charge in [0.1, 0.15) is 0 Å². The van der Waals surface area contributed by atoms with Gasteiger partial charge in [0.05, 0.1) is 17.3 Å². The number of hydrogen-bond donors (Lipinski definition) is 0. The summed E-state index contributed by atoms with van der Waals surface area (Å²) in [6.45, 7) is 0.781. The van der Waals surface area contributed by atoms with Crippen LogP contribution < -0.4 is 0 Å². The van der Waals surface area contributed by atoms with Crippen LogP contribution in [0.3, 0.4) is 0 Å². The van der Waals surface area contributed by atoms with Crippen LogP contribution in [0, 0.1) is 0 Å². The van der Waals surface area contributed by atoms with E-state index in [1.807, 2.05) is 75.8 Å². The van der Waals surface area contributed by atoms with Crippen molar-refractivity contribution in [3.05, 3.63) is 78.1 Å². The van der Waals surface area contributed by atoms with E-state index in [1.54, 1.807) is 0 Å². The predicted molar refractivity (Wildman–Crippen MR) is 102 cm³/mol. The van der Waals surface area contributed by atoms with E-state index >= 15 is 0 Å². The van der Waals surface area contributed by atoms with Crippen molar-refractivity contribution >= 4 is 11.6 Å². The third-order valence-corrected chi connectivity index (χ3v) is 5.29. The van der Waals surface area contributed by atoms with E-state index in [9.17, 15) is 4.79 Å². The number of nitrogens with zero attached hydrogens (tertiary/aromatic N) is 5. The first-order chi connectivity index (χ1) is 13.2. The van der Waals surface area contributed by atoms with Gasteiger partial charge in [-0.1, -0.05) is 30.3 Å². The van der Waals surface area contributed by atoms with E-state index in [1.165, 1.54) is 5.56 Å². The van der Waals surface area contributed by atoms with E-state index in [0.717, 1.165) is 30.1 Å². The summed E-state index contributed by atoms with van der Waals surface area (Å²) in [7, 11) is 1.97. The Morgan fingerprint density at radius 1 is 1.04 bits per heavy atom. The number of rotatable bonds is 3. The molecule has 0 aliphatic carbocycles. The molecule has 134 valence electrons. The molecule has 1 amide bonds. The van der Waals surface area contributed by atoms with Crippen LogP contribution in [-0.4, -0.2) is 36.5 Å². The van der Waals surface area contributed by atoms with E-state index in [2.05, 4.69) is 22.3 Å². The lowest BCUT2D eigenvalue weighted by Gasteiger charge is -2.41. The molecule has 0 spiro atoms. The number of amides is 1. The van der Waals surface area contributed by atoms with Gasteiger partial charge in [-0.3, -0.25) is 9.20 Å².